The van der Waals surface area contributed by atoms with Crippen molar-refractivity contribution in [2.45, 2.75) is 4.90 Å². The average Bonchev–Trinajstić information content (AvgIpc) is 2.92. The Balaban J connectivity index is 2.14. The van der Waals surface area contributed by atoms with Crippen molar-refractivity contribution in [1.29, 1.82) is 0 Å². The summed E-state index contributed by atoms with van der Waals surface area (Å²) in [5.41, 5.74) is 1.84. The van der Waals surface area contributed by atoms with Crippen LogP contribution in [-0.4, -0.2) is 24.6 Å². The summed E-state index contributed by atoms with van der Waals surface area (Å²) in [5, 5.41) is 0.435. The minimum Gasteiger partial charge on any atom is -0.353 e. The largest absolute Gasteiger partial charge is 0.353 e. The lowest BCUT2D eigenvalue weighted by atomic mass is 10.0. The molecule has 0 amide bonds. The zero-order valence-corrected chi connectivity index (χ0v) is 15.0. The van der Waals surface area contributed by atoms with Gasteiger partial charge in [-0.3, -0.25) is 4.79 Å². The third-order valence-corrected chi connectivity index (χ3v) is 5.69. The van der Waals surface area contributed by atoms with Crippen LogP contribution in [0, 0.1) is 5.82 Å². The van der Waals surface area contributed by atoms with E-state index >= 15 is 0 Å². The maximum atomic E-state index is 13.6. The summed E-state index contributed by atoms with van der Waals surface area (Å²) in [5.74, 6) is -0.435. The highest BCUT2D eigenvalue weighted by Crippen LogP contribution is 2.35. The summed E-state index contributed by atoms with van der Waals surface area (Å²) in [6, 6.07) is 10.4. The number of sulfone groups is 1. The van der Waals surface area contributed by atoms with E-state index in [0.717, 1.165) is 6.26 Å². The summed E-state index contributed by atoms with van der Waals surface area (Å²) in [6.07, 6.45) is 1.10. The van der Waals surface area contributed by atoms with E-state index in [4.69, 9.17) is 11.6 Å². The normalized spacial score (nSPS) is 12.1. The van der Waals surface area contributed by atoms with Crippen LogP contribution in [0.2, 0.25) is 5.02 Å². The molecule has 0 spiro atoms. The third-order valence-electron chi connectivity index (χ3n) is 4.22. The molecule has 5 nitrogen and oxygen atoms in total. The van der Waals surface area contributed by atoms with Crippen LogP contribution in [0.15, 0.2) is 52.2 Å². The molecular formula is C18H12ClFN2O3S. The molecule has 0 unspecified atom stereocenters. The van der Waals surface area contributed by atoms with Crippen molar-refractivity contribution in [3.63, 3.8) is 0 Å². The van der Waals surface area contributed by atoms with Crippen LogP contribution in [0.3, 0.4) is 0 Å². The molecule has 2 aromatic heterocycles. The fourth-order valence-electron chi connectivity index (χ4n) is 3.03. The first kappa shape index (κ1) is 16.8. The number of nitrogens with one attached hydrogen (secondary N) is 2. The van der Waals surface area contributed by atoms with Gasteiger partial charge in [-0.05, 0) is 35.9 Å². The average molecular weight is 391 g/mol. The summed E-state index contributed by atoms with van der Waals surface area (Å²) >= 11 is 6.24. The molecule has 0 saturated heterocycles. The first-order valence-electron chi connectivity index (χ1n) is 7.59. The third kappa shape index (κ3) is 2.60. The predicted molar refractivity (Wildman–Crippen MR) is 99.9 cm³/mol. The van der Waals surface area contributed by atoms with Crippen LogP contribution in [0.1, 0.15) is 0 Å². The van der Waals surface area contributed by atoms with Crippen molar-refractivity contribution in [3.8, 4) is 11.1 Å². The summed E-state index contributed by atoms with van der Waals surface area (Å²) in [4.78, 5) is 18.2. The lowest BCUT2D eigenvalue weighted by molar-refractivity contribution is 0.602. The van der Waals surface area contributed by atoms with Gasteiger partial charge in [-0.2, -0.15) is 0 Å². The summed E-state index contributed by atoms with van der Waals surface area (Å²) < 4.78 is 37.4. The highest BCUT2D eigenvalue weighted by atomic mass is 35.5. The Morgan fingerprint density at radius 2 is 1.81 bits per heavy atom. The molecule has 0 aliphatic carbocycles. The molecule has 0 aliphatic heterocycles. The Bertz CT molecular complexity index is 1360. The van der Waals surface area contributed by atoms with Gasteiger partial charge in [0.25, 0.3) is 5.56 Å². The second kappa shape index (κ2) is 5.69. The smallest absolute Gasteiger partial charge is 0.267 e. The lowest BCUT2D eigenvalue weighted by Crippen LogP contribution is -2.08. The number of fused-ring (bicyclic) bond motifs is 3. The SMILES string of the molecule is CS(=O)(=O)c1cccc(-c2c(Cl)c(=O)[nH]c3c2[nH]c2ccc(F)cc23)c1. The topological polar surface area (TPSA) is 82.8 Å². The van der Waals surface area contributed by atoms with E-state index in [-0.39, 0.29) is 9.92 Å². The molecule has 0 aliphatic rings. The van der Waals surface area contributed by atoms with E-state index in [2.05, 4.69) is 9.97 Å². The number of halogens is 2. The predicted octanol–water partition coefficient (Wildman–Crippen LogP) is 3.87. The van der Waals surface area contributed by atoms with Crippen LogP contribution >= 0.6 is 11.6 Å². The molecule has 132 valence electrons. The monoisotopic (exact) mass is 390 g/mol. The van der Waals surface area contributed by atoms with Crippen LogP contribution in [0.4, 0.5) is 4.39 Å². The van der Waals surface area contributed by atoms with E-state index < -0.39 is 21.2 Å². The second-order valence-corrected chi connectivity index (χ2v) is 8.40. The van der Waals surface area contributed by atoms with Crippen LogP contribution < -0.4 is 5.56 Å². The van der Waals surface area contributed by atoms with Crippen molar-refractivity contribution >= 4 is 43.4 Å². The van der Waals surface area contributed by atoms with Gasteiger partial charge in [0.1, 0.15) is 10.8 Å². The Kier molecular flexibility index (Phi) is 3.68. The van der Waals surface area contributed by atoms with E-state index in [1.165, 1.54) is 24.3 Å². The molecule has 4 rings (SSSR count). The molecule has 0 saturated carbocycles. The highest BCUT2D eigenvalue weighted by Gasteiger charge is 2.18. The Morgan fingerprint density at radius 1 is 1.04 bits per heavy atom. The van der Waals surface area contributed by atoms with Gasteiger partial charge < -0.3 is 9.97 Å². The Hall–Kier alpha value is -2.64. The summed E-state index contributed by atoms with van der Waals surface area (Å²) in [7, 11) is -3.43. The van der Waals surface area contributed by atoms with Gasteiger partial charge >= 0.3 is 0 Å². The van der Waals surface area contributed by atoms with Crippen LogP contribution in [0.25, 0.3) is 33.1 Å². The molecule has 0 radical (unpaired) electrons. The molecule has 2 N–H and O–H groups in total. The molecule has 0 fully saturated rings. The first-order chi connectivity index (χ1) is 12.3. The highest BCUT2D eigenvalue weighted by molar-refractivity contribution is 7.90. The minimum absolute atomic E-state index is 0.0739. The van der Waals surface area contributed by atoms with Gasteiger partial charge in [0.05, 0.1) is 15.9 Å². The van der Waals surface area contributed by atoms with E-state index in [1.54, 1.807) is 18.2 Å². The number of H-pyrrole nitrogens is 2. The quantitative estimate of drug-likeness (QED) is 0.545. The molecule has 4 aromatic rings. The van der Waals surface area contributed by atoms with Crippen LogP contribution in [-0.2, 0) is 9.84 Å². The number of hydrogen-bond acceptors (Lipinski definition) is 3. The molecule has 26 heavy (non-hydrogen) atoms. The van der Waals surface area contributed by atoms with Crippen molar-refractivity contribution in [2.75, 3.05) is 6.26 Å². The molecule has 8 heteroatoms. The maximum Gasteiger partial charge on any atom is 0.267 e. The number of aromatic nitrogens is 2. The van der Waals surface area contributed by atoms with Gasteiger partial charge in [-0.15, -0.1) is 0 Å². The van der Waals surface area contributed by atoms with Crippen molar-refractivity contribution in [1.82, 2.24) is 9.97 Å². The van der Waals surface area contributed by atoms with Gasteiger partial charge in [0.15, 0.2) is 9.84 Å². The zero-order chi connectivity index (χ0) is 18.6. The van der Waals surface area contributed by atoms with E-state index in [1.807, 2.05) is 0 Å². The Morgan fingerprint density at radius 3 is 2.54 bits per heavy atom. The van der Waals surface area contributed by atoms with Crippen molar-refractivity contribution < 1.29 is 12.8 Å². The van der Waals surface area contributed by atoms with Gasteiger partial charge in [-0.25, -0.2) is 12.8 Å². The minimum atomic E-state index is -3.43. The number of hydrogen-bond donors (Lipinski definition) is 2. The Labute approximate surface area is 152 Å². The summed E-state index contributed by atoms with van der Waals surface area (Å²) in [6.45, 7) is 0. The van der Waals surface area contributed by atoms with Crippen molar-refractivity contribution in [3.05, 3.63) is 63.7 Å². The van der Waals surface area contributed by atoms with Gasteiger partial charge in [-0.1, -0.05) is 23.7 Å². The number of aromatic amines is 2. The number of rotatable bonds is 2. The molecule has 0 bridgehead atoms. The number of benzene rings is 2. The van der Waals surface area contributed by atoms with Crippen LogP contribution in [0.5, 0.6) is 0 Å². The standard InChI is InChI=1S/C18H12ClFN2O3S/c1-26(24,25)11-4-2-3-9(7-11)14-15(19)18(23)22-16-12-8-10(20)5-6-13(12)21-17(14)16/h2-8,21H,1H3,(H,22,23). The lowest BCUT2D eigenvalue weighted by Gasteiger charge is -2.08. The molecular weight excluding hydrogens is 379 g/mol. The van der Waals surface area contributed by atoms with Crippen molar-refractivity contribution in [2.24, 2.45) is 0 Å². The van der Waals surface area contributed by atoms with E-state index in [9.17, 15) is 17.6 Å². The fraction of sp³-hybridized carbons (Fsp3) is 0.0556. The second-order valence-electron chi connectivity index (χ2n) is 6.01. The molecule has 0 atom stereocenters. The maximum absolute atomic E-state index is 13.6. The number of pyridine rings is 1. The van der Waals surface area contributed by atoms with Gasteiger partial charge in [0.2, 0.25) is 0 Å². The first-order valence-corrected chi connectivity index (χ1v) is 9.86. The fourth-order valence-corrected chi connectivity index (χ4v) is 3.94. The van der Waals surface area contributed by atoms with Gasteiger partial charge in [0, 0.05) is 22.7 Å². The zero-order valence-electron chi connectivity index (χ0n) is 13.4. The molecule has 2 heterocycles. The van der Waals surface area contributed by atoms with E-state index in [0.29, 0.717) is 33.1 Å². The molecule has 2 aromatic carbocycles.